The number of hydrogen-bond acceptors (Lipinski definition) is 8. The minimum atomic E-state index is -0.884. The number of pyridine rings is 2. The molecule has 0 bridgehead atoms. The molecule has 204 valence electrons. The van der Waals surface area contributed by atoms with E-state index in [2.05, 4.69) is 33.2 Å². The van der Waals surface area contributed by atoms with Crippen LogP contribution in [0.3, 0.4) is 0 Å². The van der Waals surface area contributed by atoms with Crippen molar-refractivity contribution in [2.45, 2.75) is 25.6 Å². The maximum Gasteiger partial charge on any atom is 0.253 e. The van der Waals surface area contributed by atoms with Crippen molar-refractivity contribution in [2.75, 3.05) is 31.6 Å². The summed E-state index contributed by atoms with van der Waals surface area (Å²) in [4.78, 5) is 23.5. The molecule has 0 aliphatic carbocycles. The number of halogens is 1. The number of fused-ring (bicyclic) bond motifs is 1. The highest BCUT2D eigenvalue weighted by molar-refractivity contribution is 5.96. The van der Waals surface area contributed by atoms with Crippen molar-refractivity contribution in [1.29, 1.82) is 5.26 Å². The van der Waals surface area contributed by atoms with Crippen molar-refractivity contribution in [2.24, 2.45) is 0 Å². The van der Waals surface area contributed by atoms with Crippen LogP contribution >= 0.6 is 0 Å². The number of benzene rings is 1. The molecule has 5 rings (SSSR count). The predicted octanol–water partition coefficient (Wildman–Crippen LogP) is 4.84. The van der Waals surface area contributed by atoms with Crippen LogP contribution in [0.15, 0.2) is 66.0 Å². The number of methoxy groups -OCH3 is 1. The molecule has 1 saturated heterocycles. The highest BCUT2D eigenvalue weighted by atomic mass is 19.1. The first kappa shape index (κ1) is 26.7. The van der Waals surface area contributed by atoms with E-state index in [1.54, 1.807) is 30.6 Å². The van der Waals surface area contributed by atoms with Crippen LogP contribution in [-0.2, 0) is 0 Å². The fourth-order valence-electron chi connectivity index (χ4n) is 4.82. The lowest BCUT2D eigenvalue weighted by molar-refractivity contribution is 0.0939. The number of nitrogens with zero attached hydrogens (tertiary/aromatic N) is 4. The normalized spacial score (nSPS) is 15.4. The number of anilines is 1. The second-order valence-corrected chi connectivity index (χ2v) is 9.62. The molecule has 40 heavy (non-hydrogen) atoms. The van der Waals surface area contributed by atoms with Crippen molar-refractivity contribution < 1.29 is 18.3 Å². The molecule has 1 amide bonds. The molecule has 1 aliphatic rings. The first-order chi connectivity index (χ1) is 19.4. The van der Waals surface area contributed by atoms with Gasteiger partial charge in [0, 0.05) is 49.7 Å². The highest BCUT2D eigenvalue weighted by Gasteiger charge is 2.25. The quantitative estimate of drug-likeness (QED) is 0.310. The fraction of sp³-hybridized carbons (Fsp3) is 0.267. The van der Waals surface area contributed by atoms with E-state index in [0.29, 0.717) is 58.9 Å². The molecule has 2 N–H and O–H groups in total. The molecule has 2 unspecified atom stereocenters. The van der Waals surface area contributed by atoms with Gasteiger partial charge in [-0.2, -0.15) is 5.26 Å². The van der Waals surface area contributed by atoms with Crippen molar-refractivity contribution in [1.82, 2.24) is 20.6 Å². The predicted molar refractivity (Wildman–Crippen MR) is 151 cm³/mol. The van der Waals surface area contributed by atoms with E-state index < -0.39 is 6.17 Å². The number of nitrogens with one attached hydrogen (secondary N) is 2. The summed E-state index contributed by atoms with van der Waals surface area (Å²) in [6.45, 7) is 6.90. The van der Waals surface area contributed by atoms with Crippen LogP contribution in [0.5, 0.6) is 5.75 Å². The molecule has 1 fully saturated rings. The Morgan fingerprint density at radius 1 is 1.35 bits per heavy atom. The number of aromatic nitrogens is 2. The van der Waals surface area contributed by atoms with Crippen molar-refractivity contribution in [3.8, 4) is 34.4 Å². The van der Waals surface area contributed by atoms with Gasteiger partial charge in [-0.1, -0.05) is 12.6 Å². The molecule has 4 aromatic rings. The molecular formula is C30H29FN6O3. The maximum absolute atomic E-state index is 13.8. The Bertz CT molecular complexity index is 1610. The molecule has 3 aromatic heterocycles. The van der Waals surface area contributed by atoms with Crippen LogP contribution in [0.4, 0.5) is 10.1 Å². The third-order valence-corrected chi connectivity index (χ3v) is 6.83. The van der Waals surface area contributed by atoms with Crippen molar-refractivity contribution >= 4 is 22.7 Å². The fourth-order valence-corrected chi connectivity index (χ4v) is 4.82. The molecule has 1 aliphatic heterocycles. The van der Waals surface area contributed by atoms with Gasteiger partial charge in [-0.3, -0.25) is 9.78 Å². The number of amides is 1. The summed E-state index contributed by atoms with van der Waals surface area (Å²) in [5, 5.41) is 15.7. The number of nitriles is 1. The molecule has 9 nitrogen and oxygen atoms in total. The van der Waals surface area contributed by atoms with Crippen LogP contribution in [0.2, 0.25) is 0 Å². The summed E-state index contributed by atoms with van der Waals surface area (Å²) in [5.41, 5.74) is 4.61. The Balaban J connectivity index is 1.46. The number of carbonyl (C=O) groups excluding carboxylic acids is 1. The van der Waals surface area contributed by atoms with Gasteiger partial charge in [-0.05, 0) is 49.4 Å². The number of hydrogen-bond donors (Lipinski definition) is 2. The number of furan rings is 1. The van der Waals surface area contributed by atoms with Gasteiger partial charge in [0.1, 0.15) is 29.2 Å². The van der Waals surface area contributed by atoms with Crippen LogP contribution < -0.4 is 20.3 Å². The van der Waals surface area contributed by atoms with Crippen LogP contribution in [-0.4, -0.2) is 54.8 Å². The van der Waals surface area contributed by atoms with E-state index in [1.165, 1.54) is 13.3 Å². The summed E-state index contributed by atoms with van der Waals surface area (Å²) < 4.78 is 25.6. The summed E-state index contributed by atoms with van der Waals surface area (Å²) in [6.07, 6.45) is 4.29. The summed E-state index contributed by atoms with van der Waals surface area (Å²) in [6, 6.07) is 12.9. The average Bonchev–Trinajstić information content (AvgIpc) is 3.61. The SMILES string of the molecule is C=CNCC(C)NC(=O)c1cnc(-c2cc3nccc(-c4ccc(N5CCC(F)C5)c(C#N)c4)c3o2)c(OC)c1. The smallest absolute Gasteiger partial charge is 0.253 e. The zero-order valence-electron chi connectivity index (χ0n) is 22.3. The molecule has 0 saturated carbocycles. The van der Waals surface area contributed by atoms with Crippen molar-refractivity contribution in [3.63, 3.8) is 0 Å². The monoisotopic (exact) mass is 540 g/mol. The maximum atomic E-state index is 13.8. The lowest BCUT2D eigenvalue weighted by Crippen LogP contribution is -2.38. The number of carbonyl (C=O) groups is 1. The number of alkyl halides is 1. The Labute approximate surface area is 231 Å². The van der Waals surface area contributed by atoms with Gasteiger partial charge in [0.15, 0.2) is 11.3 Å². The van der Waals surface area contributed by atoms with E-state index in [-0.39, 0.29) is 18.5 Å². The van der Waals surface area contributed by atoms with E-state index in [4.69, 9.17) is 9.15 Å². The van der Waals surface area contributed by atoms with Crippen molar-refractivity contribution in [3.05, 3.63) is 72.7 Å². The molecule has 4 heterocycles. The summed E-state index contributed by atoms with van der Waals surface area (Å²) in [5.74, 6) is 0.514. The first-order valence-electron chi connectivity index (χ1n) is 12.9. The topological polar surface area (TPSA) is 116 Å². The van der Waals surface area contributed by atoms with Gasteiger partial charge in [-0.25, -0.2) is 9.37 Å². The van der Waals surface area contributed by atoms with Crippen LogP contribution in [0, 0.1) is 11.3 Å². The van der Waals surface area contributed by atoms with E-state index in [9.17, 15) is 14.4 Å². The lowest BCUT2D eigenvalue weighted by Gasteiger charge is -2.19. The second kappa shape index (κ2) is 11.5. The molecule has 0 spiro atoms. The van der Waals surface area contributed by atoms with Gasteiger partial charge < -0.3 is 24.7 Å². The highest BCUT2D eigenvalue weighted by Crippen LogP contribution is 2.37. The standard InChI is InChI=1S/C30H29FN6O3/c1-4-33-15-18(2)36-30(38)21-12-26(39-3)28(35-16-21)27-13-24-29(40-27)23(7-9-34-24)19-5-6-25(20(11-19)14-32)37-10-8-22(31)17-37/h4-7,9,11-13,16,18,22,33H,1,8,10,15,17H2,2-3H3,(H,36,38). The van der Waals surface area contributed by atoms with Gasteiger partial charge in [0.05, 0.1) is 23.9 Å². The summed E-state index contributed by atoms with van der Waals surface area (Å²) >= 11 is 0. The molecule has 2 atom stereocenters. The first-order valence-corrected chi connectivity index (χ1v) is 12.9. The third kappa shape index (κ3) is 5.31. The zero-order chi connectivity index (χ0) is 28.2. The molecule has 1 aromatic carbocycles. The third-order valence-electron chi connectivity index (χ3n) is 6.83. The Kier molecular flexibility index (Phi) is 7.64. The van der Waals surface area contributed by atoms with E-state index in [0.717, 1.165) is 16.8 Å². The number of rotatable bonds is 9. The Hall–Kier alpha value is -4.91. The summed E-state index contributed by atoms with van der Waals surface area (Å²) in [7, 11) is 1.50. The molecule has 10 heteroatoms. The molecule has 0 radical (unpaired) electrons. The van der Waals surface area contributed by atoms with Crippen LogP contribution in [0.1, 0.15) is 29.3 Å². The second-order valence-electron chi connectivity index (χ2n) is 9.62. The average molecular weight is 541 g/mol. The minimum Gasteiger partial charge on any atom is -0.494 e. The van der Waals surface area contributed by atoms with Gasteiger partial charge in [0.2, 0.25) is 0 Å². The number of ether oxygens (including phenoxy) is 1. The Morgan fingerprint density at radius 3 is 2.92 bits per heavy atom. The molecular weight excluding hydrogens is 511 g/mol. The Morgan fingerprint density at radius 2 is 2.20 bits per heavy atom. The van der Waals surface area contributed by atoms with E-state index >= 15 is 0 Å². The zero-order valence-corrected chi connectivity index (χ0v) is 22.3. The van der Waals surface area contributed by atoms with Gasteiger partial charge in [0.25, 0.3) is 5.91 Å². The van der Waals surface area contributed by atoms with Gasteiger partial charge >= 0.3 is 0 Å². The minimum absolute atomic E-state index is 0.123. The van der Waals surface area contributed by atoms with E-state index in [1.807, 2.05) is 30.0 Å². The lowest BCUT2D eigenvalue weighted by atomic mass is 10.0. The van der Waals surface area contributed by atoms with Gasteiger partial charge in [-0.15, -0.1) is 0 Å². The largest absolute Gasteiger partial charge is 0.494 e. The van der Waals surface area contributed by atoms with Crippen LogP contribution in [0.25, 0.3) is 33.7 Å².